The number of benzene rings is 2. The number of nitrogens with one attached hydrogen (secondary N) is 2. The molecule has 40 heavy (non-hydrogen) atoms. The van der Waals surface area contributed by atoms with Gasteiger partial charge < -0.3 is 25.0 Å². The lowest BCUT2D eigenvalue weighted by atomic mass is 9.97. The summed E-state index contributed by atoms with van der Waals surface area (Å²) in [5, 5.41) is 5.77. The van der Waals surface area contributed by atoms with Crippen molar-refractivity contribution in [3.8, 4) is 11.5 Å². The van der Waals surface area contributed by atoms with E-state index in [4.69, 9.17) is 9.47 Å². The van der Waals surface area contributed by atoms with Crippen molar-refractivity contribution >= 4 is 23.8 Å². The van der Waals surface area contributed by atoms with Gasteiger partial charge in [-0.25, -0.2) is 0 Å². The molecule has 2 aromatic rings. The molecule has 0 saturated carbocycles. The molecule has 9 heteroatoms. The highest BCUT2D eigenvalue weighted by atomic mass is 16.5. The molecule has 5 atom stereocenters. The van der Waals surface area contributed by atoms with E-state index in [0.717, 1.165) is 11.1 Å². The molecule has 5 unspecified atom stereocenters. The Kier molecular flexibility index (Phi) is 9.47. The topological polar surface area (TPSA) is 100 Å². The van der Waals surface area contributed by atoms with E-state index in [-0.39, 0.29) is 17.7 Å². The number of hydrogen-bond donors (Lipinski definition) is 2. The fourth-order valence-corrected chi connectivity index (χ4v) is 5.30. The third-order valence-electron chi connectivity index (χ3n) is 7.84. The number of ether oxygens (including phenoxy) is 2. The van der Waals surface area contributed by atoms with Crippen LogP contribution in [0.5, 0.6) is 11.5 Å². The Morgan fingerprint density at radius 3 is 2.58 bits per heavy atom. The molecule has 4 rings (SSSR count). The first-order valence-corrected chi connectivity index (χ1v) is 13.9. The normalized spacial score (nSPS) is 22.6. The highest BCUT2D eigenvalue weighted by Crippen LogP contribution is 2.30. The number of carbonyl (C=O) groups is 3. The summed E-state index contributed by atoms with van der Waals surface area (Å²) in [6.45, 7) is 4.26. The number of methoxy groups -OCH3 is 1. The summed E-state index contributed by atoms with van der Waals surface area (Å²) in [6, 6.07) is 13.1. The molecule has 2 aliphatic heterocycles. The number of likely N-dealkylation sites (N-methyl/N-ethyl adjacent to an activating group) is 1. The van der Waals surface area contributed by atoms with Gasteiger partial charge >= 0.3 is 0 Å². The molecule has 9 nitrogen and oxygen atoms in total. The Morgan fingerprint density at radius 2 is 1.90 bits per heavy atom. The summed E-state index contributed by atoms with van der Waals surface area (Å²) < 4.78 is 11.9. The molecular formula is C31H40N4O5. The Hall–Kier alpha value is -3.85. The lowest BCUT2D eigenvalue weighted by Gasteiger charge is -2.34. The number of likely N-dealkylation sites (tertiary alicyclic amines) is 1. The van der Waals surface area contributed by atoms with E-state index in [0.29, 0.717) is 37.3 Å². The second kappa shape index (κ2) is 13.0. The van der Waals surface area contributed by atoms with Crippen LogP contribution in [-0.2, 0) is 20.8 Å². The van der Waals surface area contributed by atoms with Crippen LogP contribution in [0.15, 0.2) is 54.7 Å². The number of amides is 3. The van der Waals surface area contributed by atoms with Crippen LogP contribution in [0.25, 0.3) is 6.08 Å². The highest BCUT2D eigenvalue weighted by molar-refractivity contribution is 5.94. The van der Waals surface area contributed by atoms with Crippen LogP contribution < -0.4 is 20.1 Å². The maximum atomic E-state index is 14.1. The number of carbonyl (C=O) groups excluding carboxylic acids is 3. The van der Waals surface area contributed by atoms with Gasteiger partial charge in [0.15, 0.2) is 0 Å². The molecule has 2 heterocycles. The van der Waals surface area contributed by atoms with Crippen molar-refractivity contribution in [2.24, 2.45) is 5.92 Å². The Morgan fingerprint density at radius 1 is 1.15 bits per heavy atom. The zero-order valence-corrected chi connectivity index (χ0v) is 23.9. The minimum atomic E-state index is -0.899. The van der Waals surface area contributed by atoms with Gasteiger partial charge in [0.05, 0.1) is 13.2 Å². The summed E-state index contributed by atoms with van der Waals surface area (Å²) in [5.41, 5.74) is 1.75. The molecule has 0 spiro atoms. The van der Waals surface area contributed by atoms with Crippen molar-refractivity contribution in [2.45, 2.75) is 57.3 Å². The van der Waals surface area contributed by atoms with Crippen molar-refractivity contribution < 1.29 is 23.9 Å². The van der Waals surface area contributed by atoms with Crippen molar-refractivity contribution in [3.63, 3.8) is 0 Å². The standard InChI is InChI=1S/C31H40N4O5/c1-6-20(2)27-29(36)32-16-14-22-19-23(12-13-25(22)39-5)40-26-15-17-35(28(26)30(37)33-27)31(38)24(34(3)4)18-21-10-8-7-9-11-21/h7-14,16,19-20,24,26-28H,6,15,17-18H2,1-5H3,(H,32,36)(H,33,37). The summed E-state index contributed by atoms with van der Waals surface area (Å²) in [6.07, 6.45) is 4.37. The number of hydrogen-bond acceptors (Lipinski definition) is 6. The highest BCUT2D eigenvalue weighted by Gasteiger charge is 2.46. The molecule has 0 aliphatic carbocycles. The quantitative estimate of drug-likeness (QED) is 0.552. The van der Waals surface area contributed by atoms with Crippen molar-refractivity contribution in [1.29, 1.82) is 0 Å². The van der Waals surface area contributed by atoms with Gasteiger partial charge in [0.2, 0.25) is 17.7 Å². The van der Waals surface area contributed by atoms with Gasteiger partial charge in [-0.05, 0) is 56.3 Å². The van der Waals surface area contributed by atoms with E-state index in [1.807, 2.05) is 69.2 Å². The molecule has 0 aromatic heterocycles. The molecule has 2 bridgehead atoms. The third kappa shape index (κ3) is 6.47. The maximum absolute atomic E-state index is 14.1. The molecule has 1 saturated heterocycles. The van der Waals surface area contributed by atoms with E-state index in [1.54, 1.807) is 36.4 Å². The second-order valence-corrected chi connectivity index (χ2v) is 10.7. The van der Waals surface area contributed by atoms with E-state index in [2.05, 4.69) is 10.6 Å². The Balaban J connectivity index is 1.71. The van der Waals surface area contributed by atoms with Crippen molar-refractivity contribution in [1.82, 2.24) is 20.4 Å². The average Bonchev–Trinajstić information content (AvgIpc) is 3.37. The van der Waals surface area contributed by atoms with Gasteiger partial charge in [-0.1, -0.05) is 50.6 Å². The van der Waals surface area contributed by atoms with Crippen LogP contribution in [0.4, 0.5) is 0 Å². The van der Waals surface area contributed by atoms with Crippen LogP contribution in [0.3, 0.4) is 0 Å². The molecule has 214 valence electrons. The lowest BCUT2D eigenvalue weighted by molar-refractivity contribution is -0.144. The molecule has 2 N–H and O–H groups in total. The van der Waals surface area contributed by atoms with Crippen LogP contribution in [0.2, 0.25) is 0 Å². The predicted molar refractivity (Wildman–Crippen MR) is 154 cm³/mol. The van der Waals surface area contributed by atoms with E-state index >= 15 is 0 Å². The first-order valence-electron chi connectivity index (χ1n) is 13.9. The molecule has 2 aromatic carbocycles. The number of nitrogens with zero attached hydrogens (tertiary/aromatic N) is 2. The van der Waals surface area contributed by atoms with Gasteiger partial charge in [-0.15, -0.1) is 0 Å². The first kappa shape index (κ1) is 29.1. The van der Waals surface area contributed by atoms with Crippen LogP contribution in [0, 0.1) is 5.92 Å². The number of fused-ring (bicyclic) bond motifs is 3. The van der Waals surface area contributed by atoms with Gasteiger partial charge in [0.1, 0.15) is 29.7 Å². The maximum Gasteiger partial charge on any atom is 0.247 e. The molecule has 2 aliphatic rings. The smallest absolute Gasteiger partial charge is 0.247 e. The van der Waals surface area contributed by atoms with Crippen LogP contribution in [0.1, 0.15) is 37.8 Å². The largest absolute Gasteiger partial charge is 0.496 e. The van der Waals surface area contributed by atoms with E-state index < -0.39 is 30.1 Å². The van der Waals surface area contributed by atoms with Gasteiger partial charge in [-0.3, -0.25) is 19.3 Å². The van der Waals surface area contributed by atoms with E-state index in [9.17, 15) is 14.4 Å². The molecule has 1 fully saturated rings. The van der Waals surface area contributed by atoms with Gasteiger partial charge in [-0.2, -0.15) is 0 Å². The van der Waals surface area contributed by atoms with Gasteiger partial charge in [0.25, 0.3) is 0 Å². The zero-order chi connectivity index (χ0) is 28.8. The van der Waals surface area contributed by atoms with Crippen molar-refractivity contribution in [2.75, 3.05) is 27.7 Å². The fourth-order valence-electron chi connectivity index (χ4n) is 5.30. The summed E-state index contributed by atoms with van der Waals surface area (Å²) >= 11 is 0. The molecule has 3 amide bonds. The van der Waals surface area contributed by atoms with E-state index in [1.165, 1.54) is 0 Å². The minimum Gasteiger partial charge on any atom is -0.496 e. The Labute approximate surface area is 236 Å². The second-order valence-electron chi connectivity index (χ2n) is 10.7. The number of rotatable bonds is 7. The van der Waals surface area contributed by atoms with Crippen molar-refractivity contribution in [3.05, 3.63) is 65.9 Å². The summed E-state index contributed by atoms with van der Waals surface area (Å²) in [5.74, 6) is 0.175. The monoisotopic (exact) mass is 548 g/mol. The predicted octanol–water partition coefficient (Wildman–Crippen LogP) is 2.85. The minimum absolute atomic E-state index is 0.129. The fraction of sp³-hybridized carbons (Fsp3) is 0.452. The van der Waals surface area contributed by atoms with Crippen LogP contribution >= 0.6 is 0 Å². The first-order chi connectivity index (χ1) is 19.2. The third-order valence-corrected chi connectivity index (χ3v) is 7.84. The SMILES string of the molecule is CCC(C)C1NC(=O)C2C(CCN2C(=O)C(Cc2ccccc2)N(C)C)Oc2ccc(OC)c(c2)C=CNC1=O. The Bertz CT molecular complexity index is 1230. The average molecular weight is 549 g/mol. The lowest BCUT2D eigenvalue weighted by Crippen LogP contribution is -2.59. The summed E-state index contributed by atoms with van der Waals surface area (Å²) in [7, 11) is 5.32. The zero-order valence-electron chi connectivity index (χ0n) is 23.9. The van der Waals surface area contributed by atoms with Gasteiger partial charge in [0, 0.05) is 24.7 Å². The molecule has 0 radical (unpaired) electrons. The van der Waals surface area contributed by atoms with Crippen LogP contribution in [-0.4, -0.2) is 79.5 Å². The summed E-state index contributed by atoms with van der Waals surface area (Å²) in [4.78, 5) is 44.7. The molecular weight excluding hydrogens is 508 g/mol.